The molecule has 0 saturated carbocycles. The van der Waals surface area contributed by atoms with Crippen molar-refractivity contribution in [3.8, 4) is 11.1 Å². The van der Waals surface area contributed by atoms with Gasteiger partial charge in [-0.25, -0.2) is 4.98 Å². The Hall–Kier alpha value is -1.69. The van der Waals surface area contributed by atoms with E-state index in [0.29, 0.717) is 28.8 Å². The van der Waals surface area contributed by atoms with Crippen molar-refractivity contribution in [2.75, 3.05) is 13.1 Å². The fourth-order valence-electron chi connectivity index (χ4n) is 4.08. The lowest BCUT2D eigenvalue weighted by Crippen LogP contribution is -2.38. The molecule has 1 aromatic carbocycles. The summed E-state index contributed by atoms with van der Waals surface area (Å²) in [6.07, 6.45) is 1.27. The number of H-pyrrole nitrogens is 1. The second-order valence-electron chi connectivity index (χ2n) is 7.46. The molecule has 6 heteroatoms. The number of halogens is 1. The third-order valence-electron chi connectivity index (χ3n) is 4.97. The normalized spacial score (nSPS) is 21.3. The van der Waals surface area contributed by atoms with Crippen LogP contribution in [0.25, 0.3) is 21.3 Å². The number of benzene rings is 1. The number of aromatic nitrogens is 2. The maximum Gasteiger partial charge on any atom is 0.260 e. The van der Waals surface area contributed by atoms with Crippen LogP contribution < -0.4 is 5.56 Å². The van der Waals surface area contributed by atoms with Crippen molar-refractivity contribution >= 4 is 33.2 Å². The maximum atomic E-state index is 12.8. The summed E-state index contributed by atoms with van der Waals surface area (Å²) in [6.45, 7) is 7.39. The molecule has 26 heavy (non-hydrogen) atoms. The zero-order valence-electron chi connectivity index (χ0n) is 15.0. The van der Waals surface area contributed by atoms with E-state index in [1.807, 2.05) is 29.6 Å². The molecule has 0 amide bonds. The Morgan fingerprint density at radius 1 is 1.23 bits per heavy atom. The number of nitrogens with zero attached hydrogens (tertiary/aromatic N) is 2. The third-order valence-corrected chi connectivity index (χ3v) is 6.18. The molecule has 2 aromatic heterocycles. The monoisotopic (exact) mass is 387 g/mol. The highest BCUT2D eigenvalue weighted by Gasteiger charge is 2.23. The van der Waals surface area contributed by atoms with E-state index in [4.69, 9.17) is 16.6 Å². The van der Waals surface area contributed by atoms with Crippen LogP contribution in [-0.4, -0.2) is 28.0 Å². The summed E-state index contributed by atoms with van der Waals surface area (Å²) in [5, 5.41) is 3.25. The van der Waals surface area contributed by atoms with E-state index in [1.165, 1.54) is 17.8 Å². The van der Waals surface area contributed by atoms with Gasteiger partial charge in [0.2, 0.25) is 0 Å². The van der Waals surface area contributed by atoms with Crippen molar-refractivity contribution in [1.82, 2.24) is 14.9 Å². The number of aromatic amines is 1. The lowest BCUT2D eigenvalue weighted by molar-refractivity contribution is 0.131. The number of rotatable bonds is 3. The Morgan fingerprint density at radius 3 is 2.69 bits per heavy atom. The van der Waals surface area contributed by atoms with E-state index in [2.05, 4.69) is 23.7 Å². The van der Waals surface area contributed by atoms with Crippen LogP contribution in [0.5, 0.6) is 0 Å². The summed E-state index contributed by atoms with van der Waals surface area (Å²) < 4.78 is 0. The van der Waals surface area contributed by atoms with Gasteiger partial charge in [-0.2, -0.15) is 0 Å². The molecule has 4 nitrogen and oxygen atoms in total. The Morgan fingerprint density at radius 2 is 1.96 bits per heavy atom. The molecular formula is C20H22ClN3OS. The van der Waals surface area contributed by atoms with Crippen LogP contribution in [-0.2, 0) is 6.54 Å². The van der Waals surface area contributed by atoms with Crippen LogP contribution in [0.1, 0.15) is 26.1 Å². The average molecular weight is 388 g/mol. The molecule has 1 aliphatic rings. The molecule has 136 valence electrons. The average Bonchev–Trinajstić information content (AvgIpc) is 2.98. The van der Waals surface area contributed by atoms with Gasteiger partial charge in [0.1, 0.15) is 10.7 Å². The summed E-state index contributed by atoms with van der Waals surface area (Å²) in [4.78, 5) is 23.7. The fraction of sp³-hybridized carbons (Fsp3) is 0.400. The van der Waals surface area contributed by atoms with Crippen LogP contribution in [0.3, 0.4) is 0 Å². The summed E-state index contributed by atoms with van der Waals surface area (Å²) in [6, 6.07) is 7.60. The van der Waals surface area contributed by atoms with Gasteiger partial charge in [-0.1, -0.05) is 43.6 Å². The van der Waals surface area contributed by atoms with Crippen molar-refractivity contribution < 1.29 is 0 Å². The topological polar surface area (TPSA) is 49.0 Å². The number of nitrogens with one attached hydrogen (secondary N) is 1. The van der Waals surface area contributed by atoms with Gasteiger partial charge in [-0.15, -0.1) is 11.3 Å². The Bertz CT molecular complexity index is 986. The number of piperidine rings is 1. The summed E-state index contributed by atoms with van der Waals surface area (Å²) in [5.74, 6) is 2.11. The predicted molar refractivity (Wildman–Crippen MR) is 109 cm³/mol. The highest BCUT2D eigenvalue weighted by molar-refractivity contribution is 7.17. The van der Waals surface area contributed by atoms with Crippen molar-refractivity contribution in [1.29, 1.82) is 0 Å². The van der Waals surface area contributed by atoms with Gasteiger partial charge in [-0.3, -0.25) is 9.69 Å². The SMILES string of the molecule is C[C@@H]1C[C@H](C)CN(Cc2nc3scc(-c4ccccc4Cl)c3c(=O)[nH]2)C1. The minimum Gasteiger partial charge on any atom is -0.309 e. The maximum absolute atomic E-state index is 12.8. The van der Waals surface area contributed by atoms with Crippen LogP contribution >= 0.6 is 22.9 Å². The lowest BCUT2D eigenvalue weighted by atomic mass is 9.92. The van der Waals surface area contributed by atoms with E-state index in [9.17, 15) is 4.79 Å². The van der Waals surface area contributed by atoms with E-state index in [1.54, 1.807) is 0 Å². The van der Waals surface area contributed by atoms with Gasteiger partial charge in [0.25, 0.3) is 5.56 Å². The molecule has 1 fully saturated rings. The molecule has 4 rings (SSSR count). The van der Waals surface area contributed by atoms with E-state index >= 15 is 0 Å². The largest absolute Gasteiger partial charge is 0.309 e. The smallest absolute Gasteiger partial charge is 0.260 e. The Balaban J connectivity index is 1.68. The molecule has 3 heterocycles. The van der Waals surface area contributed by atoms with Crippen LogP contribution in [0.2, 0.25) is 5.02 Å². The molecule has 1 N–H and O–H groups in total. The minimum atomic E-state index is -0.0840. The van der Waals surface area contributed by atoms with Crippen LogP contribution in [0.15, 0.2) is 34.4 Å². The summed E-state index contributed by atoms with van der Waals surface area (Å²) in [7, 11) is 0. The van der Waals surface area contributed by atoms with Crippen molar-refractivity contribution in [3.63, 3.8) is 0 Å². The minimum absolute atomic E-state index is 0.0840. The third kappa shape index (κ3) is 3.43. The number of hydrogen-bond acceptors (Lipinski definition) is 4. The Kier molecular flexibility index (Phi) is 4.86. The van der Waals surface area contributed by atoms with E-state index in [0.717, 1.165) is 34.9 Å². The molecule has 0 bridgehead atoms. The molecule has 0 unspecified atom stereocenters. The van der Waals surface area contributed by atoms with E-state index < -0.39 is 0 Å². The molecule has 3 aromatic rings. The zero-order valence-corrected chi connectivity index (χ0v) is 16.5. The first-order chi connectivity index (χ1) is 12.5. The van der Waals surface area contributed by atoms with Crippen LogP contribution in [0.4, 0.5) is 0 Å². The van der Waals surface area contributed by atoms with Crippen molar-refractivity contribution in [2.45, 2.75) is 26.8 Å². The zero-order chi connectivity index (χ0) is 18.3. The van der Waals surface area contributed by atoms with Gasteiger partial charge in [0.05, 0.1) is 11.9 Å². The van der Waals surface area contributed by atoms with Crippen molar-refractivity contribution in [3.05, 3.63) is 50.8 Å². The second-order valence-corrected chi connectivity index (χ2v) is 8.73. The number of fused-ring (bicyclic) bond motifs is 1. The van der Waals surface area contributed by atoms with Gasteiger partial charge in [0, 0.05) is 34.6 Å². The number of thiophene rings is 1. The fourth-order valence-corrected chi connectivity index (χ4v) is 5.27. The first kappa shape index (κ1) is 17.7. The van der Waals surface area contributed by atoms with Gasteiger partial charge in [-0.05, 0) is 24.3 Å². The highest BCUT2D eigenvalue weighted by Crippen LogP contribution is 2.35. The number of hydrogen-bond donors (Lipinski definition) is 1. The molecular weight excluding hydrogens is 366 g/mol. The molecule has 1 aliphatic heterocycles. The predicted octanol–water partition coefficient (Wildman–Crippen LogP) is 4.78. The van der Waals surface area contributed by atoms with Gasteiger partial charge >= 0.3 is 0 Å². The molecule has 0 aliphatic carbocycles. The Labute approximate surface area is 161 Å². The first-order valence-corrected chi connectivity index (χ1v) is 10.2. The second kappa shape index (κ2) is 7.14. The van der Waals surface area contributed by atoms with Crippen LogP contribution in [0, 0.1) is 11.8 Å². The van der Waals surface area contributed by atoms with Gasteiger partial charge < -0.3 is 4.98 Å². The molecule has 0 radical (unpaired) electrons. The standard InChI is InChI=1S/C20H22ClN3OS/c1-12-7-13(2)9-24(8-12)10-17-22-19(25)18-15(11-26-20(18)23-17)14-5-3-4-6-16(14)21/h3-6,11-13H,7-10H2,1-2H3,(H,22,23,25)/t12-,13+. The molecule has 0 spiro atoms. The summed E-state index contributed by atoms with van der Waals surface area (Å²) in [5.41, 5.74) is 1.65. The highest BCUT2D eigenvalue weighted by atomic mass is 35.5. The molecule has 2 atom stereocenters. The number of likely N-dealkylation sites (tertiary alicyclic amines) is 1. The summed E-state index contributed by atoms with van der Waals surface area (Å²) >= 11 is 7.82. The lowest BCUT2D eigenvalue weighted by Gasteiger charge is -2.34. The molecule has 1 saturated heterocycles. The van der Waals surface area contributed by atoms with Gasteiger partial charge in [0.15, 0.2) is 0 Å². The van der Waals surface area contributed by atoms with E-state index in [-0.39, 0.29) is 5.56 Å². The first-order valence-electron chi connectivity index (χ1n) is 8.99. The van der Waals surface area contributed by atoms with Crippen molar-refractivity contribution in [2.24, 2.45) is 11.8 Å². The quantitative estimate of drug-likeness (QED) is 0.703.